The molecule has 2 fully saturated rings. The predicted molar refractivity (Wildman–Crippen MR) is 84.6 cm³/mol. The quantitative estimate of drug-likeness (QED) is 0.636. The Bertz CT molecular complexity index is 666. The highest BCUT2D eigenvalue weighted by Gasteiger charge is 2.41. The van der Waals surface area contributed by atoms with Crippen LogP contribution in [0.4, 0.5) is 17.6 Å². The molecule has 5 nitrogen and oxygen atoms in total. The van der Waals surface area contributed by atoms with Gasteiger partial charge in [0.2, 0.25) is 5.91 Å². The Morgan fingerprint density at radius 1 is 1.31 bits per heavy atom. The van der Waals surface area contributed by atoms with E-state index in [0.717, 1.165) is 19.0 Å². The van der Waals surface area contributed by atoms with Gasteiger partial charge in [-0.15, -0.1) is 0 Å². The van der Waals surface area contributed by atoms with E-state index in [0.29, 0.717) is 19.2 Å². The standard InChI is InChI=1S/C16H18F4N2O.CH2O2/c1-21-5-4-10-7-22(9-13(10)15(21)23)8-11-2-3-12(6-14(11)17)16(18,19)20;2-1-3/h2-3,6,10,13H,4-5,7-9H2,1H3;1H,(H,2,3)/t10-,13+;/m1./s1. The van der Waals surface area contributed by atoms with E-state index in [4.69, 9.17) is 9.90 Å². The summed E-state index contributed by atoms with van der Waals surface area (Å²) in [5.74, 6) is -0.558. The molecule has 0 spiro atoms. The van der Waals surface area contributed by atoms with Gasteiger partial charge in [-0.2, -0.15) is 13.2 Å². The van der Waals surface area contributed by atoms with Crippen LogP contribution in [0, 0.1) is 17.7 Å². The summed E-state index contributed by atoms with van der Waals surface area (Å²) >= 11 is 0. The maximum absolute atomic E-state index is 13.9. The van der Waals surface area contributed by atoms with Crippen LogP contribution in [-0.2, 0) is 22.3 Å². The second-order valence-corrected chi connectivity index (χ2v) is 6.52. The molecule has 2 saturated heterocycles. The molecule has 1 amide bonds. The van der Waals surface area contributed by atoms with E-state index in [9.17, 15) is 22.4 Å². The summed E-state index contributed by atoms with van der Waals surface area (Å²) < 4.78 is 51.6. The Labute approximate surface area is 148 Å². The number of carbonyl (C=O) groups excluding carboxylic acids is 1. The van der Waals surface area contributed by atoms with Crippen LogP contribution in [0.1, 0.15) is 17.5 Å². The lowest BCUT2D eigenvalue weighted by molar-refractivity contribution is -0.138. The summed E-state index contributed by atoms with van der Waals surface area (Å²) in [6.45, 7) is 1.93. The summed E-state index contributed by atoms with van der Waals surface area (Å²) in [7, 11) is 1.77. The van der Waals surface area contributed by atoms with Gasteiger partial charge in [0, 0.05) is 38.8 Å². The molecule has 0 aliphatic carbocycles. The van der Waals surface area contributed by atoms with E-state index in [1.807, 2.05) is 4.90 Å². The molecule has 0 radical (unpaired) electrons. The van der Waals surface area contributed by atoms with Crippen molar-refractivity contribution < 1.29 is 32.3 Å². The van der Waals surface area contributed by atoms with Crippen LogP contribution >= 0.6 is 0 Å². The lowest BCUT2D eigenvalue weighted by atomic mass is 9.88. The number of nitrogens with zero attached hydrogens (tertiary/aromatic N) is 2. The van der Waals surface area contributed by atoms with E-state index < -0.39 is 17.6 Å². The number of amides is 1. The van der Waals surface area contributed by atoms with Gasteiger partial charge in [0.1, 0.15) is 5.82 Å². The average molecular weight is 376 g/mol. The van der Waals surface area contributed by atoms with Gasteiger partial charge in [-0.25, -0.2) is 4.39 Å². The highest BCUT2D eigenvalue weighted by molar-refractivity contribution is 5.80. The molecule has 0 bridgehead atoms. The van der Waals surface area contributed by atoms with Crippen molar-refractivity contribution in [2.75, 3.05) is 26.7 Å². The first-order valence-corrected chi connectivity index (χ1v) is 8.08. The van der Waals surface area contributed by atoms with Crippen LogP contribution < -0.4 is 0 Å². The SMILES string of the molecule is CN1CC[C@@H]2CN(Cc3ccc(C(F)(F)F)cc3F)C[C@@H]2C1=O.O=CO. The minimum atomic E-state index is -4.54. The number of carbonyl (C=O) groups is 2. The third kappa shape index (κ3) is 4.51. The second kappa shape index (κ2) is 8.03. The zero-order valence-electron chi connectivity index (χ0n) is 14.2. The highest BCUT2D eigenvalue weighted by Crippen LogP contribution is 2.34. The minimum Gasteiger partial charge on any atom is -0.483 e. The third-order valence-electron chi connectivity index (χ3n) is 4.82. The molecule has 0 aromatic heterocycles. The van der Waals surface area contributed by atoms with Crippen molar-refractivity contribution in [1.82, 2.24) is 9.80 Å². The van der Waals surface area contributed by atoms with Crippen LogP contribution in [0.25, 0.3) is 0 Å². The van der Waals surface area contributed by atoms with Gasteiger partial charge in [-0.3, -0.25) is 14.5 Å². The molecule has 2 atom stereocenters. The number of fused-ring (bicyclic) bond motifs is 1. The van der Waals surface area contributed by atoms with Crippen molar-refractivity contribution in [3.05, 3.63) is 35.1 Å². The summed E-state index contributed by atoms with van der Waals surface area (Å²) in [6, 6.07) is 2.63. The van der Waals surface area contributed by atoms with Crippen LogP contribution in [0.5, 0.6) is 0 Å². The molecular weight excluding hydrogens is 356 g/mol. The van der Waals surface area contributed by atoms with Crippen molar-refractivity contribution in [3.8, 4) is 0 Å². The first-order valence-electron chi connectivity index (χ1n) is 8.08. The Hall–Kier alpha value is -2.16. The molecule has 9 heteroatoms. The van der Waals surface area contributed by atoms with Gasteiger partial charge in [0.25, 0.3) is 6.47 Å². The van der Waals surface area contributed by atoms with E-state index in [1.54, 1.807) is 11.9 Å². The van der Waals surface area contributed by atoms with Gasteiger partial charge >= 0.3 is 6.18 Å². The minimum absolute atomic E-state index is 0.0775. The van der Waals surface area contributed by atoms with E-state index in [-0.39, 0.29) is 36.3 Å². The Kier molecular flexibility index (Phi) is 6.22. The first kappa shape index (κ1) is 20.2. The maximum atomic E-state index is 13.9. The van der Waals surface area contributed by atoms with E-state index in [1.165, 1.54) is 6.07 Å². The molecule has 26 heavy (non-hydrogen) atoms. The van der Waals surface area contributed by atoms with E-state index >= 15 is 0 Å². The molecule has 3 rings (SSSR count). The summed E-state index contributed by atoms with van der Waals surface area (Å²) in [4.78, 5) is 24.2. The number of alkyl halides is 3. The van der Waals surface area contributed by atoms with Crippen molar-refractivity contribution in [2.24, 2.45) is 11.8 Å². The van der Waals surface area contributed by atoms with Gasteiger partial charge in [0.05, 0.1) is 11.5 Å². The lowest BCUT2D eigenvalue weighted by Crippen LogP contribution is -2.42. The molecule has 2 heterocycles. The monoisotopic (exact) mass is 376 g/mol. The zero-order valence-corrected chi connectivity index (χ0v) is 14.2. The molecule has 2 aliphatic heterocycles. The maximum Gasteiger partial charge on any atom is 0.416 e. The number of hydrogen-bond acceptors (Lipinski definition) is 3. The number of benzene rings is 1. The van der Waals surface area contributed by atoms with E-state index in [2.05, 4.69) is 0 Å². The van der Waals surface area contributed by atoms with Crippen molar-refractivity contribution in [2.45, 2.75) is 19.1 Å². The molecule has 0 saturated carbocycles. The largest absolute Gasteiger partial charge is 0.483 e. The Balaban J connectivity index is 0.000000758. The highest BCUT2D eigenvalue weighted by atomic mass is 19.4. The van der Waals surface area contributed by atoms with Crippen molar-refractivity contribution >= 4 is 12.4 Å². The summed E-state index contributed by atoms with van der Waals surface area (Å²) in [5, 5.41) is 6.89. The predicted octanol–water partition coefficient (Wildman–Crippen LogP) is 2.46. The fourth-order valence-electron chi connectivity index (χ4n) is 3.51. The van der Waals surface area contributed by atoms with Crippen LogP contribution in [0.2, 0.25) is 0 Å². The topological polar surface area (TPSA) is 60.9 Å². The van der Waals surface area contributed by atoms with Gasteiger partial charge in [-0.1, -0.05) is 6.07 Å². The Morgan fingerprint density at radius 3 is 2.54 bits per heavy atom. The number of carboxylic acid groups (broad SMARTS) is 1. The van der Waals surface area contributed by atoms with Gasteiger partial charge in [-0.05, 0) is 24.5 Å². The van der Waals surface area contributed by atoms with Crippen molar-refractivity contribution in [3.63, 3.8) is 0 Å². The Morgan fingerprint density at radius 2 is 1.96 bits per heavy atom. The second-order valence-electron chi connectivity index (χ2n) is 6.52. The normalized spacial score (nSPS) is 23.3. The molecule has 1 aromatic carbocycles. The average Bonchev–Trinajstić information content (AvgIpc) is 2.96. The number of likely N-dealkylation sites (tertiary alicyclic amines) is 2. The van der Waals surface area contributed by atoms with Gasteiger partial charge in [0.15, 0.2) is 0 Å². The fourth-order valence-corrected chi connectivity index (χ4v) is 3.51. The summed E-state index contributed by atoms with van der Waals surface area (Å²) in [5.41, 5.74) is -0.747. The number of rotatable bonds is 2. The summed E-state index contributed by atoms with van der Waals surface area (Å²) in [6.07, 6.45) is -3.63. The lowest BCUT2D eigenvalue weighted by Gasteiger charge is -2.30. The van der Waals surface area contributed by atoms with Crippen LogP contribution in [-0.4, -0.2) is 54.0 Å². The zero-order chi connectivity index (χ0) is 19.5. The van der Waals surface area contributed by atoms with Crippen LogP contribution in [0.15, 0.2) is 18.2 Å². The molecular formula is C17H20F4N2O3. The van der Waals surface area contributed by atoms with Crippen LogP contribution in [0.3, 0.4) is 0 Å². The van der Waals surface area contributed by atoms with Crippen molar-refractivity contribution in [1.29, 1.82) is 0 Å². The smallest absolute Gasteiger partial charge is 0.416 e. The molecule has 144 valence electrons. The molecule has 2 aliphatic rings. The molecule has 1 N–H and O–H groups in total. The molecule has 0 unspecified atom stereocenters. The molecule has 1 aromatic rings. The first-order chi connectivity index (χ1) is 12.2. The van der Waals surface area contributed by atoms with Gasteiger partial charge < -0.3 is 10.0 Å². The number of piperidine rings is 1. The number of hydrogen-bond donors (Lipinski definition) is 1. The number of halogens is 4. The fraction of sp³-hybridized carbons (Fsp3) is 0.529. The third-order valence-corrected chi connectivity index (χ3v) is 4.82.